The van der Waals surface area contributed by atoms with Gasteiger partial charge in [0.2, 0.25) is 5.91 Å². The normalized spacial score (nSPS) is 10.4. The summed E-state index contributed by atoms with van der Waals surface area (Å²) in [5, 5.41) is 14.9. The van der Waals surface area contributed by atoms with E-state index in [0.29, 0.717) is 17.9 Å². The van der Waals surface area contributed by atoms with E-state index in [4.69, 9.17) is 0 Å². The SMILES string of the molecule is Cc1cc(C)c(C(=O)O)c(NCCC(=O)NC(C)C)n1. The Labute approximate surface area is 118 Å². The number of hydrogen-bond acceptors (Lipinski definition) is 4. The molecule has 0 bridgehead atoms. The third-order valence-corrected chi connectivity index (χ3v) is 2.65. The minimum absolute atomic E-state index is 0.0752. The summed E-state index contributed by atoms with van der Waals surface area (Å²) in [6.45, 7) is 7.65. The highest BCUT2D eigenvalue weighted by Crippen LogP contribution is 2.18. The molecule has 110 valence electrons. The number of carboxylic acids is 1. The molecule has 0 aliphatic heterocycles. The maximum atomic E-state index is 11.5. The van der Waals surface area contributed by atoms with Crippen molar-refractivity contribution < 1.29 is 14.7 Å². The first-order valence-electron chi connectivity index (χ1n) is 6.56. The van der Waals surface area contributed by atoms with Crippen LogP contribution < -0.4 is 10.6 Å². The van der Waals surface area contributed by atoms with Crippen LogP contribution in [-0.4, -0.2) is 34.6 Å². The first-order chi connectivity index (χ1) is 9.31. The van der Waals surface area contributed by atoms with E-state index in [2.05, 4.69) is 15.6 Å². The number of aromatic nitrogens is 1. The number of aromatic carboxylic acids is 1. The van der Waals surface area contributed by atoms with Crippen molar-refractivity contribution >= 4 is 17.7 Å². The van der Waals surface area contributed by atoms with Gasteiger partial charge >= 0.3 is 5.97 Å². The van der Waals surface area contributed by atoms with Gasteiger partial charge in [-0.05, 0) is 39.3 Å². The van der Waals surface area contributed by atoms with Crippen LogP contribution in [0.3, 0.4) is 0 Å². The van der Waals surface area contributed by atoms with Crippen LogP contribution in [0, 0.1) is 13.8 Å². The number of amides is 1. The van der Waals surface area contributed by atoms with Gasteiger partial charge in [-0.2, -0.15) is 0 Å². The van der Waals surface area contributed by atoms with Crippen LogP contribution in [0.15, 0.2) is 6.07 Å². The van der Waals surface area contributed by atoms with Crippen LogP contribution in [-0.2, 0) is 4.79 Å². The van der Waals surface area contributed by atoms with Crippen LogP contribution in [0.25, 0.3) is 0 Å². The van der Waals surface area contributed by atoms with Gasteiger partial charge in [0.1, 0.15) is 11.4 Å². The standard InChI is InChI=1S/C14H21N3O3/c1-8(2)16-11(18)5-6-15-13-12(14(19)20)9(3)7-10(4)17-13/h7-8H,5-6H2,1-4H3,(H,15,17)(H,16,18)(H,19,20). The fourth-order valence-corrected chi connectivity index (χ4v) is 1.92. The number of nitrogens with zero attached hydrogens (tertiary/aromatic N) is 1. The number of rotatable bonds is 6. The second-order valence-corrected chi connectivity index (χ2v) is 5.01. The highest BCUT2D eigenvalue weighted by molar-refractivity contribution is 5.94. The molecular formula is C14H21N3O3. The van der Waals surface area contributed by atoms with Crippen molar-refractivity contribution in [3.05, 3.63) is 22.9 Å². The molecule has 3 N–H and O–H groups in total. The average Bonchev–Trinajstić information content (AvgIpc) is 2.25. The highest BCUT2D eigenvalue weighted by atomic mass is 16.4. The lowest BCUT2D eigenvalue weighted by atomic mass is 10.1. The van der Waals surface area contributed by atoms with Crippen LogP contribution in [0.2, 0.25) is 0 Å². The second kappa shape index (κ2) is 6.88. The summed E-state index contributed by atoms with van der Waals surface area (Å²) in [6.07, 6.45) is 0.270. The van der Waals surface area contributed by atoms with Gasteiger partial charge in [-0.25, -0.2) is 9.78 Å². The molecule has 0 unspecified atom stereocenters. The molecule has 1 rings (SSSR count). The molecule has 1 amide bonds. The molecule has 1 aromatic rings. The van der Waals surface area contributed by atoms with Crippen molar-refractivity contribution in [1.29, 1.82) is 0 Å². The van der Waals surface area contributed by atoms with Gasteiger partial charge in [-0.1, -0.05) is 0 Å². The Hall–Kier alpha value is -2.11. The molecule has 0 saturated heterocycles. The Morgan fingerprint density at radius 2 is 2.00 bits per heavy atom. The van der Waals surface area contributed by atoms with E-state index in [1.54, 1.807) is 19.9 Å². The summed E-state index contributed by atoms with van der Waals surface area (Å²) >= 11 is 0. The quantitative estimate of drug-likeness (QED) is 0.737. The molecule has 0 aliphatic rings. The fourth-order valence-electron chi connectivity index (χ4n) is 1.92. The maximum absolute atomic E-state index is 11.5. The number of anilines is 1. The number of carbonyl (C=O) groups excluding carboxylic acids is 1. The summed E-state index contributed by atoms with van der Waals surface area (Å²) in [5.41, 5.74) is 1.54. The Balaban J connectivity index is 2.73. The van der Waals surface area contributed by atoms with Gasteiger partial charge in [0, 0.05) is 24.7 Å². The van der Waals surface area contributed by atoms with E-state index in [1.165, 1.54) is 0 Å². The topological polar surface area (TPSA) is 91.3 Å². The van der Waals surface area contributed by atoms with Gasteiger partial charge < -0.3 is 15.7 Å². The van der Waals surface area contributed by atoms with E-state index in [-0.39, 0.29) is 23.9 Å². The zero-order valence-electron chi connectivity index (χ0n) is 12.3. The summed E-state index contributed by atoms with van der Waals surface area (Å²) in [7, 11) is 0. The van der Waals surface area contributed by atoms with Crippen molar-refractivity contribution in [3.63, 3.8) is 0 Å². The van der Waals surface area contributed by atoms with Crippen molar-refractivity contribution in [3.8, 4) is 0 Å². The number of aryl methyl sites for hydroxylation is 2. The Morgan fingerprint density at radius 1 is 1.35 bits per heavy atom. The highest BCUT2D eigenvalue weighted by Gasteiger charge is 2.15. The predicted octanol–water partition coefficient (Wildman–Crippen LogP) is 1.72. The Bertz CT molecular complexity index is 513. The molecule has 0 fully saturated rings. The van der Waals surface area contributed by atoms with Crippen LogP contribution in [0.5, 0.6) is 0 Å². The lowest BCUT2D eigenvalue weighted by molar-refractivity contribution is -0.121. The second-order valence-electron chi connectivity index (χ2n) is 5.01. The zero-order valence-corrected chi connectivity index (χ0v) is 12.3. The van der Waals surface area contributed by atoms with Gasteiger partial charge in [-0.15, -0.1) is 0 Å². The van der Waals surface area contributed by atoms with Crippen molar-refractivity contribution in [2.75, 3.05) is 11.9 Å². The molecule has 0 radical (unpaired) electrons. The monoisotopic (exact) mass is 279 g/mol. The first kappa shape index (κ1) is 15.9. The summed E-state index contributed by atoms with van der Waals surface area (Å²) in [6, 6.07) is 1.82. The molecule has 1 heterocycles. The Morgan fingerprint density at radius 3 is 2.55 bits per heavy atom. The lowest BCUT2D eigenvalue weighted by Crippen LogP contribution is -2.31. The molecule has 1 aromatic heterocycles. The van der Waals surface area contributed by atoms with E-state index in [9.17, 15) is 14.7 Å². The summed E-state index contributed by atoms with van der Waals surface area (Å²) in [4.78, 5) is 26.9. The molecular weight excluding hydrogens is 258 g/mol. The maximum Gasteiger partial charge on any atom is 0.339 e. The molecule has 6 heteroatoms. The fraction of sp³-hybridized carbons (Fsp3) is 0.500. The first-order valence-corrected chi connectivity index (χ1v) is 6.56. The number of pyridine rings is 1. The van der Waals surface area contributed by atoms with E-state index >= 15 is 0 Å². The largest absolute Gasteiger partial charge is 0.478 e. The zero-order chi connectivity index (χ0) is 15.3. The van der Waals surface area contributed by atoms with E-state index < -0.39 is 5.97 Å². The average molecular weight is 279 g/mol. The minimum atomic E-state index is -1.02. The van der Waals surface area contributed by atoms with Crippen LogP contribution >= 0.6 is 0 Å². The number of nitrogens with one attached hydrogen (secondary N) is 2. The number of hydrogen-bond donors (Lipinski definition) is 3. The number of carbonyl (C=O) groups is 2. The summed E-state index contributed by atoms with van der Waals surface area (Å²) in [5.74, 6) is -0.787. The van der Waals surface area contributed by atoms with E-state index in [0.717, 1.165) is 5.69 Å². The molecule has 0 saturated carbocycles. The van der Waals surface area contributed by atoms with Gasteiger partial charge in [0.15, 0.2) is 0 Å². The molecule has 6 nitrogen and oxygen atoms in total. The summed E-state index contributed by atoms with van der Waals surface area (Å²) < 4.78 is 0. The molecule has 20 heavy (non-hydrogen) atoms. The predicted molar refractivity (Wildman–Crippen MR) is 77.1 cm³/mol. The van der Waals surface area contributed by atoms with Crippen LogP contribution in [0.4, 0.5) is 5.82 Å². The van der Waals surface area contributed by atoms with Gasteiger partial charge in [0.25, 0.3) is 0 Å². The lowest BCUT2D eigenvalue weighted by Gasteiger charge is -2.12. The third-order valence-electron chi connectivity index (χ3n) is 2.65. The van der Waals surface area contributed by atoms with Crippen molar-refractivity contribution in [2.24, 2.45) is 0 Å². The molecule has 0 atom stereocenters. The van der Waals surface area contributed by atoms with Crippen LogP contribution in [0.1, 0.15) is 41.9 Å². The van der Waals surface area contributed by atoms with Gasteiger partial charge in [-0.3, -0.25) is 4.79 Å². The Kier molecular flexibility index (Phi) is 5.49. The van der Waals surface area contributed by atoms with Crippen molar-refractivity contribution in [1.82, 2.24) is 10.3 Å². The van der Waals surface area contributed by atoms with E-state index in [1.807, 2.05) is 13.8 Å². The number of carboxylic acid groups (broad SMARTS) is 1. The minimum Gasteiger partial charge on any atom is -0.478 e. The molecule has 0 spiro atoms. The van der Waals surface area contributed by atoms with Gasteiger partial charge in [0.05, 0.1) is 0 Å². The third kappa shape index (κ3) is 4.53. The smallest absolute Gasteiger partial charge is 0.339 e. The van der Waals surface area contributed by atoms with Crippen molar-refractivity contribution in [2.45, 2.75) is 40.2 Å². The molecule has 0 aromatic carbocycles. The molecule has 0 aliphatic carbocycles.